The molecule has 0 aliphatic carbocycles. The van der Waals surface area contributed by atoms with E-state index in [1.165, 1.54) is 0 Å². The number of hydrogen-bond donors (Lipinski definition) is 3. The summed E-state index contributed by atoms with van der Waals surface area (Å²) in [6.07, 6.45) is 3.60. The molecule has 0 saturated carbocycles. The molecule has 2 aliphatic rings. The van der Waals surface area contributed by atoms with Crippen LogP contribution in [0.5, 0.6) is 5.75 Å². The quantitative estimate of drug-likeness (QED) is 0.135. The van der Waals surface area contributed by atoms with Crippen molar-refractivity contribution in [3.05, 3.63) is 118 Å². The Morgan fingerprint density at radius 2 is 1.71 bits per heavy atom. The number of carbonyl (C=O) groups is 2. The van der Waals surface area contributed by atoms with Gasteiger partial charge in [0.25, 0.3) is 5.91 Å². The van der Waals surface area contributed by atoms with Gasteiger partial charge >= 0.3 is 0 Å². The van der Waals surface area contributed by atoms with Gasteiger partial charge in [-0.05, 0) is 61.7 Å². The number of piperazine rings is 1. The number of carbonyl (C=O) groups excluding carboxylic acids is 2. The molecular weight excluding hydrogens is 757 g/mol. The highest BCUT2D eigenvalue weighted by molar-refractivity contribution is 6.35. The number of aromatic nitrogens is 3. The van der Waals surface area contributed by atoms with Crippen molar-refractivity contribution in [1.82, 2.24) is 24.8 Å². The van der Waals surface area contributed by atoms with Crippen LogP contribution in [0.3, 0.4) is 0 Å². The number of methoxy groups -OCH3 is 1. The molecule has 1 unspecified atom stereocenters. The number of aromatic amines is 1. The van der Waals surface area contributed by atoms with Crippen molar-refractivity contribution in [2.75, 3.05) is 50.1 Å². The van der Waals surface area contributed by atoms with E-state index in [4.69, 9.17) is 44.5 Å². The molecule has 4 aromatic carbocycles. The van der Waals surface area contributed by atoms with Crippen molar-refractivity contribution in [3.63, 3.8) is 0 Å². The van der Waals surface area contributed by atoms with Crippen LogP contribution < -0.4 is 20.3 Å². The summed E-state index contributed by atoms with van der Waals surface area (Å²) in [5, 5.41) is 8.60. The van der Waals surface area contributed by atoms with Gasteiger partial charge in [0, 0.05) is 75.4 Å². The maximum Gasteiger partial charge on any atom is 0.272 e. The first kappa shape index (κ1) is 36.9. The highest BCUT2D eigenvalue weighted by atomic mass is 35.5. The summed E-state index contributed by atoms with van der Waals surface area (Å²) < 4.78 is 7.69. The number of nitrogens with zero attached hydrogens (tertiary/aromatic N) is 4. The number of nitrogens with one attached hydrogen (secondary N) is 3. The Labute approximate surface area is 334 Å². The molecule has 8 rings (SSSR count). The number of anilines is 2. The number of hydrogen-bond acceptors (Lipinski definition) is 6. The monoisotopic (exact) mass is 795 g/mol. The Morgan fingerprint density at radius 1 is 0.945 bits per heavy atom. The van der Waals surface area contributed by atoms with Crippen molar-refractivity contribution in [1.29, 1.82) is 0 Å². The molecule has 55 heavy (non-hydrogen) atoms. The SMILES string of the molecule is COc1ccc(N2CCC(N3CCNC(=O)C3)CC2)c(NC(=O)c2[nH]c3cc(Cl)ccc3c2-c2c(-c3ccccc3)ncn2C(C)c2ccc(Cl)cc2Cl)c1. The standard InChI is InChI=1S/C42H40Cl3N7O3/c1-25(31-11-8-27(43)20-33(31)45)52-24-47-39(26-6-4-3-5-7-26)41(52)38-32-12-9-28(44)21-34(32)48-40(38)42(54)49-35-22-30(55-2)10-13-36(35)50-17-14-29(15-18-50)51-19-16-46-37(53)23-51/h3-13,20-22,24-25,29,48H,14-19,23H2,1-2H3,(H,46,53)(H,49,54). The van der Waals surface area contributed by atoms with Crippen molar-refractivity contribution in [2.45, 2.75) is 31.8 Å². The molecule has 13 heteroatoms. The van der Waals surface area contributed by atoms with Gasteiger partial charge in [-0.1, -0.05) is 77.3 Å². The first-order valence-electron chi connectivity index (χ1n) is 18.3. The average molecular weight is 797 g/mol. The van der Waals surface area contributed by atoms with Gasteiger partial charge in [-0.3, -0.25) is 14.5 Å². The summed E-state index contributed by atoms with van der Waals surface area (Å²) in [6.45, 7) is 5.57. The second-order valence-electron chi connectivity index (χ2n) is 14.0. The van der Waals surface area contributed by atoms with Crippen molar-refractivity contribution >= 4 is 68.9 Å². The Hall–Kier alpha value is -5.00. The van der Waals surface area contributed by atoms with Crippen LogP contribution in [-0.4, -0.2) is 77.1 Å². The Balaban J connectivity index is 1.21. The third-order valence-corrected chi connectivity index (χ3v) is 11.5. The number of fused-ring (bicyclic) bond motifs is 1. The summed E-state index contributed by atoms with van der Waals surface area (Å²) in [6, 6.07) is 26.8. The molecule has 2 aliphatic heterocycles. The highest BCUT2D eigenvalue weighted by Gasteiger charge is 2.31. The lowest BCUT2D eigenvalue weighted by atomic mass is 9.99. The zero-order valence-corrected chi connectivity index (χ0v) is 32.7. The van der Waals surface area contributed by atoms with Gasteiger partial charge in [0.05, 0.1) is 48.8 Å². The number of imidazole rings is 1. The average Bonchev–Trinajstić information content (AvgIpc) is 3.79. The largest absolute Gasteiger partial charge is 0.497 e. The summed E-state index contributed by atoms with van der Waals surface area (Å²) in [5.74, 6) is 0.361. The molecule has 282 valence electrons. The molecule has 2 aromatic heterocycles. The fraction of sp³-hybridized carbons (Fsp3) is 0.262. The van der Waals surface area contributed by atoms with Gasteiger partial charge in [0.1, 0.15) is 11.4 Å². The van der Waals surface area contributed by atoms with E-state index in [0.717, 1.165) is 60.4 Å². The van der Waals surface area contributed by atoms with Gasteiger partial charge in [-0.2, -0.15) is 0 Å². The van der Waals surface area contributed by atoms with E-state index < -0.39 is 0 Å². The molecule has 10 nitrogen and oxygen atoms in total. The normalized spacial score (nSPS) is 15.9. The van der Waals surface area contributed by atoms with Crippen molar-refractivity contribution < 1.29 is 14.3 Å². The molecule has 4 heterocycles. The van der Waals surface area contributed by atoms with Crippen LogP contribution in [0.4, 0.5) is 11.4 Å². The topological polar surface area (TPSA) is 108 Å². The third-order valence-electron chi connectivity index (χ3n) is 10.7. The summed E-state index contributed by atoms with van der Waals surface area (Å²) in [5.41, 5.74) is 6.44. The number of ether oxygens (including phenoxy) is 1. The van der Waals surface area contributed by atoms with E-state index >= 15 is 0 Å². The summed E-state index contributed by atoms with van der Waals surface area (Å²) in [4.78, 5) is 39.9. The molecular formula is C42H40Cl3N7O3. The van der Waals surface area contributed by atoms with Gasteiger partial charge in [-0.15, -0.1) is 0 Å². The van der Waals surface area contributed by atoms with Crippen LogP contribution in [0, 0.1) is 0 Å². The zero-order valence-electron chi connectivity index (χ0n) is 30.4. The molecule has 0 spiro atoms. The fourth-order valence-corrected chi connectivity index (χ4v) is 8.67. The smallest absolute Gasteiger partial charge is 0.272 e. The number of amides is 2. The van der Waals surface area contributed by atoms with E-state index in [1.54, 1.807) is 19.5 Å². The van der Waals surface area contributed by atoms with Gasteiger partial charge in [-0.25, -0.2) is 4.98 Å². The van der Waals surface area contributed by atoms with Crippen LogP contribution in [0.1, 0.15) is 41.9 Å². The van der Waals surface area contributed by atoms with E-state index in [2.05, 4.69) is 30.0 Å². The van der Waals surface area contributed by atoms with Crippen LogP contribution in [0.25, 0.3) is 33.4 Å². The minimum Gasteiger partial charge on any atom is -0.497 e. The molecule has 6 aromatic rings. The first-order chi connectivity index (χ1) is 26.7. The van der Waals surface area contributed by atoms with Crippen LogP contribution in [0.15, 0.2) is 91.3 Å². The van der Waals surface area contributed by atoms with Gasteiger partial charge < -0.3 is 29.8 Å². The maximum atomic E-state index is 14.9. The molecule has 2 amide bonds. The van der Waals surface area contributed by atoms with Crippen LogP contribution >= 0.6 is 34.8 Å². The van der Waals surface area contributed by atoms with E-state index in [-0.39, 0.29) is 17.9 Å². The number of halogens is 3. The molecule has 3 N–H and O–H groups in total. The lowest BCUT2D eigenvalue weighted by Crippen LogP contribution is -2.54. The summed E-state index contributed by atoms with van der Waals surface area (Å²) in [7, 11) is 1.61. The number of benzene rings is 4. The van der Waals surface area contributed by atoms with Crippen molar-refractivity contribution in [3.8, 4) is 28.3 Å². The first-order valence-corrected chi connectivity index (χ1v) is 19.5. The predicted molar refractivity (Wildman–Crippen MR) is 221 cm³/mol. The fourth-order valence-electron chi connectivity index (χ4n) is 7.93. The van der Waals surface area contributed by atoms with Crippen molar-refractivity contribution in [2.24, 2.45) is 0 Å². The van der Waals surface area contributed by atoms with E-state index in [1.807, 2.05) is 85.8 Å². The third kappa shape index (κ3) is 7.39. The Bertz CT molecular complexity index is 2390. The molecule has 2 saturated heterocycles. The number of rotatable bonds is 9. The van der Waals surface area contributed by atoms with E-state index in [9.17, 15) is 9.59 Å². The summed E-state index contributed by atoms with van der Waals surface area (Å²) >= 11 is 19.6. The lowest BCUT2D eigenvalue weighted by Gasteiger charge is -2.41. The van der Waals surface area contributed by atoms with Gasteiger partial charge in [0.15, 0.2) is 0 Å². The lowest BCUT2D eigenvalue weighted by molar-refractivity contribution is -0.125. The highest BCUT2D eigenvalue weighted by Crippen LogP contribution is 2.43. The second kappa shape index (κ2) is 15.6. The van der Waals surface area contributed by atoms with E-state index in [0.29, 0.717) is 68.1 Å². The molecule has 2 fully saturated rings. The van der Waals surface area contributed by atoms with Crippen LogP contribution in [0.2, 0.25) is 15.1 Å². The molecule has 0 radical (unpaired) electrons. The predicted octanol–water partition coefficient (Wildman–Crippen LogP) is 8.93. The maximum absolute atomic E-state index is 14.9. The zero-order chi connectivity index (χ0) is 38.2. The van der Waals surface area contributed by atoms with Gasteiger partial charge in [0.2, 0.25) is 5.91 Å². The Kier molecular flexibility index (Phi) is 10.5. The van der Waals surface area contributed by atoms with Crippen LogP contribution in [-0.2, 0) is 4.79 Å². The minimum atomic E-state index is -0.338. The Morgan fingerprint density at radius 3 is 2.45 bits per heavy atom. The molecule has 1 atom stereocenters. The second-order valence-corrected chi connectivity index (χ2v) is 15.3. The number of piperidine rings is 1. The number of H-pyrrole nitrogens is 1. The minimum absolute atomic E-state index is 0.0784. The molecule has 0 bridgehead atoms.